The summed E-state index contributed by atoms with van der Waals surface area (Å²) in [5.41, 5.74) is 1.21. The Morgan fingerprint density at radius 2 is 1.88 bits per heavy atom. The second-order valence-corrected chi connectivity index (χ2v) is 4.29. The van der Waals surface area contributed by atoms with Crippen LogP contribution in [-0.4, -0.2) is 9.97 Å². The number of halogens is 1. The van der Waals surface area contributed by atoms with E-state index in [0.717, 1.165) is 5.82 Å². The highest BCUT2D eigenvalue weighted by Gasteiger charge is 2.06. The maximum Gasteiger partial charge on any atom is 0.134 e. The van der Waals surface area contributed by atoms with Gasteiger partial charge in [0, 0.05) is 12.1 Å². The van der Waals surface area contributed by atoms with E-state index in [2.05, 4.69) is 34.3 Å². The van der Waals surface area contributed by atoms with Gasteiger partial charge in [-0.1, -0.05) is 41.9 Å². The number of hydrogen-bond acceptors (Lipinski definition) is 3. The normalized spacial score (nSPS) is 12.2. The Labute approximate surface area is 106 Å². The highest BCUT2D eigenvalue weighted by molar-refractivity contribution is 6.29. The first-order valence-electron chi connectivity index (χ1n) is 5.48. The summed E-state index contributed by atoms with van der Waals surface area (Å²) in [6.45, 7) is 3.91. The van der Waals surface area contributed by atoms with Crippen LogP contribution in [0.4, 0.5) is 5.82 Å². The molecule has 0 bridgehead atoms. The van der Waals surface area contributed by atoms with Crippen molar-refractivity contribution in [3.8, 4) is 0 Å². The Balaban J connectivity index is 2.16. The number of nitrogens with zero attached hydrogens (tertiary/aromatic N) is 2. The van der Waals surface area contributed by atoms with Gasteiger partial charge in [0.05, 0.1) is 0 Å². The molecule has 17 heavy (non-hydrogen) atoms. The quantitative estimate of drug-likeness (QED) is 0.842. The summed E-state index contributed by atoms with van der Waals surface area (Å²) in [6.07, 6.45) is 0. The number of aromatic nitrogens is 2. The molecule has 0 aliphatic rings. The lowest BCUT2D eigenvalue weighted by atomic mass is 10.1. The van der Waals surface area contributed by atoms with Crippen molar-refractivity contribution in [1.82, 2.24) is 9.97 Å². The van der Waals surface area contributed by atoms with Crippen molar-refractivity contribution in [1.29, 1.82) is 0 Å². The van der Waals surface area contributed by atoms with Gasteiger partial charge in [-0.05, 0) is 19.4 Å². The predicted octanol–water partition coefficient (Wildman–Crippen LogP) is 3.61. The van der Waals surface area contributed by atoms with Crippen LogP contribution in [0.25, 0.3) is 0 Å². The molecule has 0 saturated heterocycles. The monoisotopic (exact) mass is 247 g/mol. The maximum atomic E-state index is 5.89. The summed E-state index contributed by atoms with van der Waals surface area (Å²) in [6, 6.07) is 12.1. The fourth-order valence-electron chi connectivity index (χ4n) is 1.65. The number of benzene rings is 1. The average molecular weight is 248 g/mol. The lowest BCUT2D eigenvalue weighted by Crippen LogP contribution is -2.08. The third-order valence-electron chi connectivity index (χ3n) is 2.47. The van der Waals surface area contributed by atoms with Crippen LogP contribution in [-0.2, 0) is 0 Å². The lowest BCUT2D eigenvalue weighted by molar-refractivity contribution is 0.867. The molecule has 0 radical (unpaired) electrons. The third-order valence-corrected chi connectivity index (χ3v) is 2.66. The van der Waals surface area contributed by atoms with E-state index in [9.17, 15) is 0 Å². The largest absolute Gasteiger partial charge is 0.363 e. The molecule has 0 aliphatic heterocycles. The van der Waals surface area contributed by atoms with E-state index in [0.29, 0.717) is 11.0 Å². The van der Waals surface area contributed by atoms with Crippen molar-refractivity contribution in [2.24, 2.45) is 0 Å². The minimum atomic E-state index is 0.182. The zero-order chi connectivity index (χ0) is 12.3. The van der Waals surface area contributed by atoms with Crippen molar-refractivity contribution in [2.75, 3.05) is 5.32 Å². The Kier molecular flexibility index (Phi) is 3.59. The summed E-state index contributed by atoms with van der Waals surface area (Å²) in [5.74, 6) is 1.42. The highest BCUT2D eigenvalue weighted by atomic mass is 35.5. The maximum absolute atomic E-state index is 5.89. The first-order chi connectivity index (χ1) is 8.15. The van der Waals surface area contributed by atoms with E-state index < -0.39 is 0 Å². The van der Waals surface area contributed by atoms with Crippen molar-refractivity contribution in [3.63, 3.8) is 0 Å². The first kappa shape index (κ1) is 11.9. The zero-order valence-corrected chi connectivity index (χ0v) is 10.6. The van der Waals surface area contributed by atoms with E-state index in [-0.39, 0.29) is 6.04 Å². The second-order valence-electron chi connectivity index (χ2n) is 3.90. The molecule has 0 amide bonds. The molecule has 1 aromatic heterocycles. The number of anilines is 1. The standard InChI is InChI=1S/C13H14ClN3/c1-9(11-6-4-3-5-7-11)15-13-8-12(14)16-10(2)17-13/h3-9H,1-2H3,(H,15,16,17)/t9-/m1/s1. The van der Waals surface area contributed by atoms with Crippen molar-refractivity contribution >= 4 is 17.4 Å². The summed E-state index contributed by atoms with van der Waals surface area (Å²) in [4.78, 5) is 8.32. The van der Waals surface area contributed by atoms with Gasteiger partial charge in [-0.3, -0.25) is 0 Å². The Morgan fingerprint density at radius 3 is 2.53 bits per heavy atom. The molecule has 1 atom stereocenters. The van der Waals surface area contributed by atoms with E-state index in [4.69, 9.17) is 11.6 Å². The van der Waals surface area contributed by atoms with E-state index in [1.165, 1.54) is 5.56 Å². The zero-order valence-electron chi connectivity index (χ0n) is 9.81. The van der Waals surface area contributed by atoms with Crippen LogP contribution >= 0.6 is 11.6 Å². The Bertz CT molecular complexity index is 479. The van der Waals surface area contributed by atoms with Crippen molar-refractivity contribution in [3.05, 3.63) is 52.9 Å². The fraction of sp³-hybridized carbons (Fsp3) is 0.231. The van der Waals surface area contributed by atoms with E-state index in [1.54, 1.807) is 6.07 Å². The van der Waals surface area contributed by atoms with Crippen molar-refractivity contribution in [2.45, 2.75) is 19.9 Å². The Hall–Kier alpha value is -1.61. The summed E-state index contributed by atoms with van der Waals surface area (Å²) < 4.78 is 0. The van der Waals surface area contributed by atoms with Gasteiger partial charge in [-0.2, -0.15) is 0 Å². The SMILES string of the molecule is Cc1nc(Cl)cc(N[C@H](C)c2ccccc2)n1. The van der Waals surface area contributed by atoms with Crippen LogP contribution in [0.3, 0.4) is 0 Å². The lowest BCUT2D eigenvalue weighted by Gasteiger charge is -2.15. The van der Waals surface area contributed by atoms with E-state index in [1.807, 2.05) is 25.1 Å². The number of aryl methyl sites for hydroxylation is 1. The number of nitrogens with one attached hydrogen (secondary N) is 1. The molecule has 0 aliphatic carbocycles. The van der Waals surface area contributed by atoms with Gasteiger partial charge in [-0.15, -0.1) is 0 Å². The summed E-state index contributed by atoms with van der Waals surface area (Å²) in [7, 11) is 0. The molecule has 2 rings (SSSR count). The minimum absolute atomic E-state index is 0.182. The van der Waals surface area contributed by atoms with Crippen molar-refractivity contribution < 1.29 is 0 Å². The molecule has 2 aromatic rings. The van der Waals surface area contributed by atoms with Crippen LogP contribution in [0, 0.1) is 6.92 Å². The first-order valence-corrected chi connectivity index (χ1v) is 5.85. The smallest absolute Gasteiger partial charge is 0.134 e. The molecular formula is C13H14ClN3. The molecule has 0 fully saturated rings. The summed E-state index contributed by atoms with van der Waals surface area (Å²) >= 11 is 5.89. The molecule has 0 spiro atoms. The van der Waals surface area contributed by atoms with Gasteiger partial charge in [0.2, 0.25) is 0 Å². The number of hydrogen-bond donors (Lipinski definition) is 1. The molecule has 88 valence electrons. The van der Waals surface area contributed by atoms with Crippen LogP contribution < -0.4 is 5.32 Å². The van der Waals surface area contributed by atoms with Gasteiger partial charge in [0.15, 0.2) is 0 Å². The van der Waals surface area contributed by atoms with Gasteiger partial charge in [0.25, 0.3) is 0 Å². The molecule has 4 heteroatoms. The fourth-order valence-corrected chi connectivity index (χ4v) is 1.88. The predicted molar refractivity (Wildman–Crippen MR) is 70.3 cm³/mol. The molecule has 1 aromatic carbocycles. The number of rotatable bonds is 3. The summed E-state index contributed by atoms with van der Waals surface area (Å²) in [5, 5.41) is 3.76. The second kappa shape index (κ2) is 5.15. The molecule has 1 heterocycles. The minimum Gasteiger partial charge on any atom is -0.363 e. The van der Waals surface area contributed by atoms with Gasteiger partial charge in [-0.25, -0.2) is 9.97 Å². The van der Waals surface area contributed by atoms with Crippen LogP contribution in [0.1, 0.15) is 24.4 Å². The topological polar surface area (TPSA) is 37.8 Å². The van der Waals surface area contributed by atoms with Gasteiger partial charge in [0.1, 0.15) is 16.8 Å². The molecular weight excluding hydrogens is 234 g/mol. The average Bonchev–Trinajstić information content (AvgIpc) is 2.28. The molecule has 1 N–H and O–H groups in total. The van der Waals surface area contributed by atoms with Gasteiger partial charge < -0.3 is 5.32 Å². The third kappa shape index (κ3) is 3.17. The molecule has 3 nitrogen and oxygen atoms in total. The van der Waals surface area contributed by atoms with Crippen LogP contribution in [0.2, 0.25) is 5.15 Å². The van der Waals surface area contributed by atoms with E-state index >= 15 is 0 Å². The Morgan fingerprint density at radius 1 is 1.18 bits per heavy atom. The van der Waals surface area contributed by atoms with Gasteiger partial charge >= 0.3 is 0 Å². The van der Waals surface area contributed by atoms with Crippen LogP contribution in [0.5, 0.6) is 0 Å². The highest BCUT2D eigenvalue weighted by Crippen LogP contribution is 2.19. The molecule has 0 unspecified atom stereocenters. The molecule has 0 saturated carbocycles. The van der Waals surface area contributed by atoms with Crippen LogP contribution in [0.15, 0.2) is 36.4 Å².